The van der Waals surface area contributed by atoms with E-state index in [-0.39, 0.29) is 0 Å². The highest BCUT2D eigenvalue weighted by Gasteiger charge is 2.07. The number of benzene rings is 1. The molecule has 0 saturated carbocycles. The van der Waals surface area contributed by atoms with E-state index >= 15 is 0 Å². The molecule has 2 rings (SSSR count). The molecule has 1 heterocycles. The van der Waals surface area contributed by atoms with Crippen molar-refractivity contribution in [1.82, 2.24) is 15.3 Å². The standard InChI is InChI=1S/C15H19Cl2N3/c1-2-3-7-14-19-13(15(17)20-14)10-18-9-11-5-4-6-12(16)8-11/h4-6,8,18H,2-3,7,9-10H2,1H3,(H,19,20). The van der Waals surface area contributed by atoms with Crippen LogP contribution in [-0.2, 0) is 19.5 Å². The molecular weight excluding hydrogens is 293 g/mol. The van der Waals surface area contributed by atoms with Gasteiger partial charge in [0.1, 0.15) is 5.82 Å². The maximum Gasteiger partial charge on any atom is 0.151 e. The summed E-state index contributed by atoms with van der Waals surface area (Å²) in [7, 11) is 0. The lowest BCUT2D eigenvalue weighted by Crippen LogP contribution is -2.13. The Balaban J connectivity index is 1.86. The number of H-pyrrole nitrogens is 1. The summed E-state index contributed by atoms with van der Waals surface area (Å²) >= 11 is 12.1. The van der Waals surface area contributed by atoms with Crippen molar-refractivity contribution in [2.45, 2.75) is 39.3 Å². The van der Waals surface area contributed by atoms with Crippen molar-refractivity contribution in [1.29, 1.82) is 0 Å². The first-order valence-electron chi connectivity index (χ1n) is 6.87. The first-order chi connectivity index (χ1) is 9.69. The van der Waals surface area contributed by atoms with Gasteiger partial charge in [-0.05, 0) is 24.1 Å². The molecule has 0 fully saturated rings. The highest BCUT2D eigenvalue weighted by Crippen LogP contribution is 2.15. The molecule has 1 aromatic heterocycles. The molecule has 5 heteroatoms. The van der Waals surface area contributed by atoms with E-state index in [1.807, 2.05) is 24.3 Å². The molecule has 0 atom stereocenters. The van der Waals surface area contributed by atoms with Crippen LogP contribution >= 0.6 is 23.2 Å². The van der Waals surface area contributed by atoms with Crippen LogP contribution in [0, 0.1) is 0 Å². The molecule has 0 saturated heterocycles. The largest absolute Gasteiger partial charge is 0.344 e. The molecule has 3 nitrogen and oxygen atoms in total. The van der Waals surface area contributed by atoms with Gasteiger partial charge in [-0.2, -0.15) is 0 Å². The predicted molar refractivity (Wildman–Crippen MR) is 84.2 cm³/mol. The summed E-state index contributed by atoms with van der Waals surface area (Å²) in [6, 6.07) is 7.82. The Bertz CT molecular complexity index is 552. The van der Waals surface area contributed by atoms with Gasteiger partial charge in [0.2, 0.25) is 0 Å². The molecule has 0 unspecified atom stereocenters. The molecule has 0 aliphatic rings. The van der Waals surface area contributed by atoms with Crippen molar-refractivity contribution in [3.05, 3.63) is 51.5 Å². The van der Waals surface area contributed by atoms with E-state index in [1.54, 1.807) is 0 Å². The van der Waals surface area contributed by atoms with Gasteiger partial charge in [0.25, 0.3) is 0 Å². The molecule has 108 valence electrons. The quantitative estimate of drug-likeness (QED) is 0.798. The van der Waals surface area contributed by atoms with Crippen LogP contribution in [0.3, 0.4) is 0 Å². The Kier molecular flexibility index (Phi) is 5.89. The SMILES string of the molecule is CCCCc1nc(Cl)c(CNCc2cccc(Cl)c2)[nH]1. The average Bonchev–Trinajstić information content (AvgIpc) is 2.77. The number of aromatic nitrogens is 2. The van der Waals surface area contributed by atoms with Crippen LogP contribution in [0.15, 0.2) is 24.3 Å². The number of aromatic amines is 1. The van der Waals surface area contributed by atoms with E-state index in [9.17, 15) is 0 Å². The Labute approximate surface area is 129 Å². The molecule has 0 aliphatic carbocycles. The monoisotopic (exact) mass is 311 g/mol. The van der Waals surface area contributed by atoms with Crippen LogP contribution < -0.4 is 5.32 Å². The molecule has 0 aliphatic heterocycles. The van der Waals surface area contributed by atoms with Crippen molar-refractivity contribution >= 4 is 23.2 Å². The average molecular weight is 312 g/mol. The van der Waals surface area contributed by atoms with Crippen molar-refractivity contribution in [3.63, 3.8) is 0 Å². The Hall–Kier alpha value is -1.03. The summed E-state index contributed by atoms with van der Waals surface area (Å²) < 4.78 is 0. The zero-order valence-electron chi connectivity index (χ0n) is 11.5. The third-order valence-corrected chi connectivity index (χ3v) is 3.61. The van der Waals surface area contributed by atoms with Gasteiger partial charge in [-0.25, -0.2) is 4.98 Å². The van der Waals surface area contributed by atoms with E-state index < -0.39 is 0 Å². The van der Waals surface area contributed by atoms with Crippen molar-refractivity contribution in [2.24, 2.45) is 0 Å². The summed E-state index contributed by atoms with van der Waals surface area (Å²) in [6.07, 6.45) is 3.23. The minimum Gasteiger partial charge on any atom is -0.344 e. The number of hydrogen-bond donors (Lipinski definition) is 2. The van der Waals surface area contributed by atoms with E-state index in [0.717, 1.165) is 47.9 Å². The van der Waals surface area contributed by atoms with Crippen molar-refractivity contribution in [2.75, 3.05) is 0 Å². The summed E-state index contributed by atoms with van der Waals surface area (Å²) in [5.41, 5.74) is 2.10. The molecule has 2 N–H and O–H groups in total. The number of nitrogens with zero attached hydrogens (tertiary/aromatic N) is 1. The van der Waals surface area contributed by atoms with Crippen molar-refractivity contribution in [3.8, 4) is 0 Å². The van der Waals surface area contributed by atoms with Gasteiger partial charge < -0.3 is 10.3 Å². The van der Waals surface area contributed by atoms with Crippen LogP contribution in [0.5, 0.6) is 0 Å². The number of nitrogens with one attached hydrogen (secondary N) is 2. The number of hydrogen-bond acceptors (Lipinski definition) is 2. The summed E-state index contributed by atoms with van der Waals surface area (Å²) in [4.78, 5) is 7.62. The van der Waals surface area contributed by atoms with Gasteiger partial charge in [0.05, 0.1) is 5.69 Å². The van der Waals surface area contributed by atoms with Crippen LogP contribution in [0.1, 0.15) is 36.8 Å². The molecule has 0 radical (unpaired) electrons. The summed E-state index contributed by atoms with van der Waals surface area (Å²) in [6.45, 7) is 3.59. The molecule has 2 aromatic rings. The van der Waals surface area contributed by atoms with Crippen molar-refractivity contribution < 1.29 is 0 Å². The number of unbranched alkanes of at least 4 members (excludes halogenated alkanes) is 1. The highest BCUT2D eigenvalue weighted by molar-refractivity contribution is 6.30. The number of aryl methyl sites for hydroxylation is 1. The zero-order chi connectivity index (χ0) is 14.4. The second-order valence-corrected chi connectivity index (χ2v) is 5.58. The Morgan fingerprint density at radius 2 is 2.10 bits per heavy atom. The molecule has 0 bridgehead atoms. The third-order valence-electron chi connectivity index (χ3n) is 3.06. The van der Waals surface area contributed by atoms with E-state index in [1.165, 1.54) is 0 Å². The molecular formula is C15H19Cl2N3. The Morgan fingerprint density at radius 3 is 2.85 bits per heavy atom. The Morgan fingerprint density at radius 1 is 1.25 bits per heavy atom. The smallest absolute Gasteiger partial charge is 0.151 e. The van der Waals surface area contributed by atoms with Gasteiger partial charge in [-0.1, -0.05) is 48.7 Å². The predicted octanol–water partition coefficient (Wildman–Crippen LogP) is 4.35. The normalized spacial score (nSPS) is 10.9. The first kappa shape index (κ1) is 15.4. The van der Waals surface area contributed by atoms with Gasteiger partial charge in [-0.3, -0.25) is 0 Å². The van der Waals surface area contributed by atoms with E-state index in [2.05, 4.69) is 22.2 Å². The summed E-state index contributed by atoms with van der Waals surface area (Å²) in [5.74, 6) is 0.969. The van der Waals surface area contributed by atoms with Gasteiger partial charge >= 0.3 is 0 Å². The maximum absolute atomic E-state index is 6.13. The third kappa shape index (κ3) is 4.51. The van der Waals surface area contributed by atoms with E-state index in [0.29, 0.717) is 11.7 Å². The lowest BCUT2D eigenvalue weighted by molar-refractivity contribution is 0.679. The number of rotatable bonds is 7. The highest BCUT2D eigenvalue weighted by atomic mass is 35.5. The second-order valence-electron chi connectivity index (χ2n) is 4.79. The minimum absolute atomic E-state index is 0.565. The fraction of sp³-hybridized carbons (Fsp3) is 0.400. The lowest BCUT2D eigenvalue weighted by Gasteiger charge is -2.04. The van der Waals surface area contributed by atoms with Crippen LogP contribution in [0.25, 0.3) is 0 Å². The van der Waals surface area contributed by atoms with E-state index in [4.69, 9.17) is 23.2 Å². The van der Waals surface area contributed by atoms with Crippen LogP contribution in [0.4, 0.5) is 0 Å². The number of halogens is 2. The molecule has 1 aromatic carbocycles. The molecule has 0 amide bonds. The second kappa shape index (κ2) is 7.67. The number of imidazole rings is 1. The fourth-order valence-electron chi connectivity index (χ4n) is 2.00. The minimum atomic E-state index is 0.565. The molecule has 0 spiro atoms. The van der Waals surface area contributed by atoms with Crippen LogP contribution in [0.2, 0.25) is 10.2 Å². The van der Waals surface area contributed by atoms with Gasteiger partial charge in [0.15, 0.2) is 5.15 Å². The van der Waals surface area contributed by atoms with Crippen LogP contribution in [-0.4, -0.2) is 9.97 Å². The zero-order valence-corrected chi connectivity index (χ0v) is 13.1. The topological polar surface area (TPSA) is 40.7 Å². The maximum atomic E-state index is 6.13. The fourth-order valence-corrected chi connectivity index (χ4v) is 2.43. The first-order valence-corrected chi connectivity index (χ1v) is 7.63. The van der Waals surface area contributed by atoms with Gasteiger partial charge in [0, 0.05) is 24.5 Å². The summed E-state index contributed by atoms with van der Waals surface area (Å²) in [5, 5.41) is 4.66. The lowest BCUT2D eigenvalue weighted by atomic mass is 10.2. The van der Waals surface area contributed by atoms with Gasteiger partial charge in [-0.15, -0.1) is 0 Å². The molecule has 20 heavy (non-hydrogen) atoms.